The zero-order valence-electron chi connectivity index (χ0n) is 14.7. The van der Waals surface area contributed by atoms with Crippen molar-refractivity contribution in [1.82, 2.24) is 20.4 Å². The number of allylic oxidation sites excluding steroid dienone is 2. The lowest BCUT2D eigenvalue weighted by atomic mass is 9.81. The summed E-state index contributed by atoms with van der Waals surface area (Å²) in [6, 6.07) is 0. The van der Waals surface area contributed by atoms with Gasteiger partial charge in [0.15, 0.2) is 0 Å². The van der Waals surface area contributed by atoms with E-state index in [1.54, 1.807) is 0 Å². The molecule has 26 heavy (non-hydrogen) atoms. The zero-order chi connectivity index (χ0) is 17.9. The lowest BCUT2D eigenvalue weighted by Gasteiger charge is -2.34. The number of hydrogen-bond acceptors (Lipinski definition) is 6. The Morgan fingerprint density at radius 2 is 1.85 bits per heavy atom. The summed E-state index contributed by atoms with van der Waals surface area (Å²) in [6.45, 7) is 2.52. The van der Waals surface area contributed by atoms with Gasteiger partial charge >= 0.3 is 0 Å². The van der Waals surface area contributed by atoms with Gasteiger partial charge in [-0.05, 0) is 25.7 Å². The SMILES string of the molecule is O=C(NCc1nnc(C2CC2)o1)C1CC=CCC1C(=O)N1CCOCC1. The maximum absolute atomic E-state index is 12.8. The largest absolute Gasteiger partial charge is 0.423 e. The molecule has 2 amide bonds. The van der Waals surface area contributed by atoms with E-state index in [0.29, 0.717) is 56.8 Å². The monoisotopic (exact) mass is 360 g/mol. The van der Waals surface area contributed by atoms with E-state index in [0.717, 1.165) is 12.8 Å². The summed E-state index contributed by atoms with van der Waals surface area (Å²) in [5.41, 5.74) is 0. The second kappa shape index (κ2) is 7.57. The van der Waals surface area contributed by atoms with Crippen molar-refractivity contribution in [2.24, 2.45) is 11.8 Å². The van der Waals surface area contributed by atoms with Gasteiger partial charge in [-0.25, -0.2) is 0 Å². The van der Waals surface area contributed by atoms with Gasteiger partial charge in [0.05, 0.1) is 31.6 Å². The van der Waals surface area contributed by atoms with Crippen molar-refractivity contribution in [3.05, 3.63) is 23.9 Å². The number of nitrogens with one attached hydrogen (secondary N) is 1. The van der Waals surface area contributed by atoms with Gasteiger partial charge in [-0.2, -0.15) is 0 Å². The molecule has 4 rings (SSSR count). The molecule has 8 heteroatoms. The maximum atomic E-state index is 12.8. The van der Waals surface area contributed by atoms with E-state index >= 15 is 0 Å². The van der Waals surface area contributed by atoms with Crippen LogP contribution in [0, 0.1) is 11.8 Å². The van der Waals surface area contributed by atoms with Crippen LogP contribution in [0.5, 0.6) is 0 Å². The highest BCUT2D eigenvalue weighted by atomic mass is 16.5. The number of ether oxygens (including phenoxy) is 1. The molecule has 2 unspecified atom stereocenters. The van der Waals surface area contributed by atoms with Gasteiger partial charge in [0.25, 0.3) is 0 Å². The topological polar surface area (TPSA) is 97.6 Å². The summed E-state index contributed by atoms with van der Waals surface area (Å²) in [5.74, 6) is 0.714. The number of aromatic nitrogens is 2. The molecule has 1 aliphatic heterocycles. The molecule has 1 N–H and O–H groups in total. The fourth-order valence-corrected chi connectivity index (χ4v) is 3.52. The number of nitrogens with zero attached hydrogens (tertiary/aromatic N) is 3. The molecule has 2 atom stereocenters. The maximum Gasteiger partial charge on any atom is 0.235 e. The van der Waals surface area contributed by atoms with Gasteiger partial charge < -0.3 is 19.4 Å². The number of hydrogen-bond donors (Lipinski definition) is 1. The molecule has 1 aromatic rings. The molecule has 1 saturated carbocycles. The van der Waals surface area contributed by atoms with Gasteiger partial charge in [-0.1, -0.05) is 12.2 Å². The second-order valence-corrected chi connectivity index (χ2v) is 7.12. The first-order valence-electron chi connectivity index (χ1n) is 9.34. The van der Waals surface area contributed by atoms with E-state index in [-0.39, 0.29) is 30.2 Å². The third kappa shape index (κ3) is 3.80. The highest BCUT2D eigenvalue weighted by Gasteiger charge is 2.37. The number of carbonyl (C=O) groups is 2. The highest BCUT2D eigenvalue weighted by Crippen LogP contribution is 2.39. The highest BCUT2D eigenvalue weighted by molar-refractivity contribution is 5.88. The summed E-state index contributed by atoms with van der Waals surface area (Å²) >= 11 is 0. The Balaban J connectivity index is 1.36. The first-order valence-corrected chi connectivity index (χ1v) is 9.34. The third-order valence-electron chi connectivity index (χ3n) is 5.23. The number of morpholine rings is 1. The normalized spacial score (nSPS) is 25.9. The van der Waals surface area contributed by atoms with E-state index in [1.165, 1.54) is 0 Å². The minimum absolute atomic E-state index is 0.0478. The van der Waals surface area contributed by atoms with Crippen molar-refractivity contribution in [3.63, 3.8) is 0 Å². The van der Waals surface area contributed by atoms with Gasteiger partial charge in [0.1, 0.15) is 0 Å². The van der Waals surface area contributed by atoms with Crippen molar-refractivity contribution in [1.29, 1.82) is 0 Å². The Labute approximate surface area is 152 Å². The summed E-state index contributed by atoms with van der Waals surface area (Å²) in [4.78, 5) is 27.3. The quantitative estimate of drug-likeness (QED) is 0.787. The van der Waals surface area contributed by atoms with Crippen LogP contribution in [0.2, 0.25) is 0 Å². The molecule has 8 nitrogen and oxygen atoms in total. The second-order valence-electron chi connectivity index (χ2n) is 7.12. The Morgan fingerprint density at radius 1 is 1.12 bits per heavy atom. The average Bonchev–Trinajstić information content (AvgIpc) is 3.44. The van der Waals surface area contributed by atoms with Crippen LogP contribution in [0.3, 0.4) is 0 Å². The molecule has 1 aromatic heterocycles. The van der Waals surface area contributed by atoms with Gasteiger partial charge in [-0.3, -0.25) is 9.59 Å². The summed E-state index contributed by atoms with van der Waals surface area (Å²) in [5, 5.41) is 10.9. The van der Waals surface area contributed by atoms with Crippen LogP contribution in [0.25, 0.3) is 0 Å². The summed E-state index contributed by atoms with van der Waals surface area (Å²) < 4.78 is 10.9. The molecule has 2 fully saturated rings. The summed E-state index contributed by atoms with van der Waals surface area (Å²) in [7, 11) is 0. The molecular formula is C18H24N4O4. The Morgan fingerprint density at radius 3 is 2.58 bits per heavy atom. The number of rotatable bonds is 5. The fraction of sp³-hybridized carbons (Fsp3) is 0.667. The molecule has 2 aliphatic carbocycles. The lowest BCUT2D eigenvalue weighted by Crippen LogP contribution is -2.48. The van der Waals surface area contributed by atoms with Crippen molar-refractivity contribution in [3.8, 4) is 0 Å². The van der Waals surface area contributed by atoms with Crippen molar-refractivity contribution in [2.45, 2.75) is 38.1 Å². The van der Waals surface area contributed by atoms with E-state index in [1.807, 2.05) is 17.1 Å². The van der Waals surface area contributed by atoms with E-state index < -0.39 is 0 Å². The molecule has 0 radical (unpaired) electrons. The van der Waals surface area contributed by atoms with Gasteiger partial charge in [-0.15, -0.1) is 10.2 Å². The van der Waals surface area contributed by atoms with Crippen molar-refractivity contribution < 1.29 is 18.7 Å². The van der Waals surface area contributed by atoms with E-state index in [2.05, 4.69) is 15.5 Å². The van der Waals surface area contributed by atoms with Crippen molar-refractivity contribution >= 4 is 11.8 Å². The molecular weight excluding hydrogens is 336 g/mol. The van der Waals surface area contributed by atoms with Crippen LogP contribution >= 0.6 is 0 Å². The van der Waals surface area contributed by atoms with Crippen LogP contribution in [0.1, 0.15) is 43.4 Å². The molecule has 0 bridgehead atoms. The standard InChI is InChI=1S/C18H24N4O4/c23-16(19-11-15-20-21-17(26-15)12-5-6-12)13-3-1-2-4-14(13)18(24)22-7-9-25-10-8-22/h1-2,12-14H,3-11H2,(H,19,23). The predicted octanol–water partition coefficient (Wildman–Crippen LogP) is 1.00. The van der Waals surface area contributed by atoms with E-state index in [4.69, 9.17) is 9.15 Å². The van der Waals surface area contributed by atoms with Crippen LogP contribution in [-0.4, -0.2) is 53.2 Å². The minimum Gasteiger partial charge on any atom is -0.423 e. The molecule has 3 aliphatic rings. The molecule has 2 heterocycles. The Kier molecular flexibility index (Phi) is 5.01. The van der Waals surface area contributed by atoms with Crippen molar-refractivity contribution in [2.75, 3.05) is 26.3 Å². The molecule has 0 spiro atoms. The predicted molar refractivity (Wildman–Crippen MR) is 90.9 cm³/mol. The van der Waals surface area contributed by atoms with Gasteiger partial charge in [0, 0.05) is 19.0 Å². The minimum atomic E-state index is -0.360. The van der Waals surface area contributed by atoms with E-state index in [9.17, 15) is 9.59 Å². The summed E-state index contributed by atoms with van der Waals surface area (Å²) in [6.07, 6.45) is 7.32. The lowest BCUT2D eigenvalue weighted by molar-refractivity contribution is -0.145. The van der Waals surface area contributed by atoms with Gasteiger partial charge in [0.2, 0.25) is 23.6 Å². The fourth-order valence-electron chi connectivity index (χ4n) is 3.52. The van der Waals surface area contributed by atoms with Crippen LogP contribution < -0.4 is 5.32 Å². The third-order valence-corrected chi connectivity index (χ3v) is 5.23. The Bertz CT molecular complexity index is 691. The number of amides is 2. The molecule has 0 aromatic carbocycles. The molecule has 1 saturated heterocycles. The van der Waals surface area contributed by atoms with Crippen LogP contribution in [0.4, 0.5) is 0 Å². The molecule has 140 valence electrons. The Hall–Kier alpha value is -2.22. The first-order chi connectivity index (χ1) is 12.7. The number of carbonyl (C=O) groups excluding carboxylic acids is 2. The van der Waals surface area contributed by atoms with Crippen LogP contribution in [0.15, 0.2) is 16.6 Å². The zero-order valence-corrected chi connectivity index (χ0v) is 14.7. The first kappa shape index (κ1) is 17.2. The average molecular weight is 360 g/mol. The van der Waals surface area contributed by atoms with Crippen LogP contribution in [-0.2, 0) is 20.9 Å². The smallest absolute Gasteiger partial charge is 0.235 e.